The van der Waals surface area contributed by atoms with Gasteiger partial charge >= 0.3 is 0 Å². The molecule has 1 amide bonds. The van der Waals surface area contributed by atoms with E-state index < -0.39 is 0 Å². The van der Waals surface area contributed by atoms with E-state index in [1.807, 2.05) is 0 Å². The van der Waals surface area contributed by atoms with Gasteiger partial charge in [-0.25, -0.2) is 0 Å². The fourth-order valence-corrected chi connectivity index (χ4v) is 2.80. The van der Waals surface area contributed by atoms with Crippen molar-refractivity contribution >= 4 is 5.91 Å². The Kier molecular flexibility index (Phi) is 3.74. The lowest BCUT2D eigenvalue weighted by molar-refractivity contribution is -0.123. The molecule has 2 aromatic rings. The molecule has 0 radical (unpaired) electrons. The molecule has 23 heavy (non-hydrogen) atoms. The molecule has 0 bridgehead atoms. The molecule has 1 aromatic heterocycles. The van der Waals surface area contributed by atoms with Crippen LogP contribution in [0.2, 0.25) is 0 Å². The molecule has 0 atom stereocenters. The summed E-state index contributed by atoms with van der Waals surface area (Å²) in [6.45, 7) is 8.58. The number of nitrogens with one attached hydrogen (secondary N) is 1. The van der Waals surface area contributed by atoms with Crippen molar-refractivity contribution in [3.8, 4) is 0 Å². The van der Waals surface area contributed by atoms with Crippen LogP contribution in [0.25, 0.3) is 0 Å². The van der Waals surface area contributed by atoms with Crippen LogP contribution in [0.1, 0.15) is 56.5 Å². The molecule has 1 fully saturated rings. The Bertz CT molecular complexity index is 707. The molecule has 0 saturated heterocycles. The molecule has 1 N–H and O–H groups in total. The summed E-state index contributed by atoms with van der Waals surface area (Å²) >= 11 is 0. The molecule has 0 spiro atoms. The first-order valence-corrected chi connectivity index (χ1v) is 8.00. The molecule has 122 valence electrons. The molecular formula is C18H23N3O2. The van der Waals surface area contributed by atoms with Gasteiger partial charge in [-0.15, -0.1) is 10.2 Å². The number of hydrogen-bond acceptors (Lipinski definition) is 4. The molecule has 1 heterocycles. The lowest BCUT2D eigenvalue weighted by atomic mass is 9.85. The first kappa shape index (κ1) is 15.7. The van der Waals surface area contributed by atoms with Crippen molar-refractivity contribution in [1.29, 1.82) is 0 Å². The summed E-state index contributed by atoms with van der Waals surface area (Å²) in [5, 5.41) is 10.6. The predicted octanol–water partition coefficient (Wildman–Crippen LogP) is 3.02. The number of nitrogens with zero attached hydrogens (tertiary/aromatic N) is 2. The molecular weight excluding hydrogens is 290 g/mol. The normalized spacial score (nSPS) is 16.2. The van der Waals surface area contributed by atoms with E-state index in [4.69, 9.17) is 4.42 Å². The summed E-state index contributed by atoms with van der Waals surface area (Å²) in [6.07, 6.45) is 1.77. The van der Waals surface area contributed by atoms with Crippen LogP contribution in [0.15, 0.2) is 28.7 Å². The Labute approximate surface area is 136 Å². The zero-order chi connectivity index (χ0) is 16.7. The van der Waals surface area contributed by atoms with Gasteiger partial charge in [0, 0.05) is 6.92 Å². The van der Waals surface area contributed by atoms with Crippen LogP contribution in [0, 0.1) is 6.92 Å². The van der Waals surface area contributed by atoms with E-state index in [9.17, 15) is 4.79 Å². The minimum Gasteiger partial charge on any atom is -0.424 e. The van der Waals surface area contributed by atoms with Gasteiger partial charge in [-0.2, -0.15) is 0 Å². The molecule has 0 aliphatic heterocycles. The van der Waals surface area contributed by atoms with Crippen LogP contribution in [-0.2, 0) is 22.2 Å². The molecule has 1 aliphatic carbocycles. The van der Waals surface area contributed by atoms with E-state index in [1.165, 1.54) is 5.56 Å². The van der Waals surface area contributed by atoms with Crippen molar-refractivity contribution < 1.29 is 9.21 Å². The molecule has 5 nitrogen and oxygen atoms in total. The Morgan fingerprint density at radius 3 is 2.35 bits per heavy atom. The highest BCUT2D eigenvalue weighted by Gasteiger charge is 2.51. The van der Waals surface area contributed by atoms with Gasteiger partial charge in [0.05, 0.1) is 12.0 Å². The van der Waals surface area contributed by atoms with Crippen LogP contribution in [0.3, 0.4) is 0 Å². The van der Waals surface area contributed by atoms with Gasteiger partial charge in [-0.05, 0) is 29.4 Å². The van der Waals surface area contributed by atoms with E-state index in [-0.39, 0.29) is 23.3 Å². The van der Waals surface area contributed by atoms with E-state index in [1.54, 1.807) is 6.92 Å². The van der Waals surface area contributed by atoms with E-state index in [0.29, 0.717) is 11.8 Å². The monoisotopic (exact) mass is 313 g/mol. The second-order valence-corrected chi connectivity index (χ2v) is 7.31. The average Bonchev–Trinajstić information content (AvgIpc) is 3.21. The lowest BCUT2D eigenvalue weighted by Crippen LogP contribution is -2.34. The van der Waals surface area contributed by atoms with Gasteiger partial charge < -0.3 is 9.73 Å². The van der Waals surface area contributed by atoms with Gasteiger partial charge in [0.25, 0.3) is 0 Å². The third kappa shape index (κ3) is 3.14. The van der Waals surface area contributed by atoms with Crippen LogP contribution in [-0.4, -0.2) is 16.1 Å². The van der Waals surface area contributed by atoms with Crippen LogP contribution < -0.4 is 5.32 Å². The topological polar surface area (TPSA) is 68.0 Å². The van der Waals surface area contributed by atoms with Gasteiger partial charge in [-0.1, -0.05) is 45.0 Å². The zero-order valence-corrected chi connectivity index (χ0v) is 14.1. The standard InChI is InChI=1S/C18H23N3O2/c1-12-20-21-15(23-12)11-19-16(22)18(9-10-18)14-7-5-13(6-8-14)17(2,3)4/h5-8H,9-11H2,1-4H3,(H,19,22). The van der Waals surface area contributed by atoms with Crippen molar-refractivity contribution in [3.63, 3.8) is 0 Å². The first-order chi connectivity index (χ1) is 10.8. The molecule has 0 unspecified atom stereocenters. The number of carbonyl (C=O) groups is 1. The maximum atomic E-state index is 12.6. The maximum absolute atomic E-state index is 12.6. The number of carbonyl (C=O) groups excluding carboxylic acids is 1. The number of aryl methyl sites for hydroxylation is 1. The van der Waals surface area contributed by atoms with Gasteiger partial charge in [0.2, 0.25) is 17.7 Å². The highest BCUT2D eigenvalue weighted by atomic mass is 16.4. The van der Waals surface area contributed by atoms with Crippen molar-refractivity contribution in [2.24, 2.45) is 0 Å². The Hall–Kier alpha value is -2.17. The average molecular weight is 313 g/mol. The van der Waals surface area contributed by atoms with Gasteiger partial charge in [-0.3, -0.25) is 4.79 Å². The zero-order valence-electron chi connectivity index (χ0n) is 14.1. The number of hydrogen-bond donors (Lipinski definition) is 1. The third-order valence-corrected chi connectivity index (χ3v) is 4.46. The van der Waals surface area contributed by atoms with Crippen molar-refractivity contribution in [2.75, 3.05) is 0 Å². The lowest BCUT2D eigenvalue weighted by Gasteiger charge is -2.21. The van der Waals surface area contributed by atoms with E-state index in [0.717, 1.165) is 18.4 Å². The molecule has 1 saturated carbocycles. The predicted molar refractivity (Wildman–Crippen MR) is 86.9 cm³/mol. The third-order valence-electron chi connectivity index (χ3n) is 4.46. The quantitative estimate of drug-likeness (QED) is 0.942. The van der Waals surface area contributed by atoms with Gasteiger partial charge in [0.1, 0.15) is 0 Å². The summed E-state index contributed by atoms with van der Waals surface area (Å²) in [7, 11) is 0. The van der Waals surface area contributed by atoms with Crippen LogP contribution in [0.5, 0.6) is 0 Å². The fraction of sp³-hybridized carbons (Fsp3) is 0.500. The first-order valence-electron chi connectivity index (χ1n) is 8.00. The summed E-state index contributed by atoms with van der Waals surface area (Å²) in [5.41, 5.74) is 2.10. The summed E-state index contributed by atoms with van der Waals surface area (Å²) in [6, 6.07) is 8.43. The molecule has 1 aliphatic rings. The second-order valence-electron chi connectivity index (χ2n) is 7.31. The second kappa shape index (κ2) is 5.48. The number of rotatable bonds is 4. The van der Waals surface area contributed by atoms with Crippen molar-refractivity contribution in [3.05, 3.63) is 47.2 Å². The highest BCUT2D eigenvalue weighted by Crippen LogP contribution is 2.48. The molecule has 3 rings (SSSR count). The minimum absolute atomic E-state index is 0.0388. The number of aromatic nitrogens is 2. The minimum atomic E-state index is -0.383. The van der Waals surface area contributed by atoms with Crippen LogP contribution in [0.4, 0.5) is 0 Å². The smallest absolute Gasteiger partial charge is 0.235 e. The van der Waals surface area contributed by atoms with Crippen molar-refractivity contribution in [1.82, 2.24) is 15.5 Å². The SMILES string of the molecule is Cc1nnc(CNC(=O)C2(c3ccc(C(C)(C)C)cc3)CC2)o1. The fourth-order valence-electron chi connectivity index (χ4n) is 2.80. The molecule has 1 aromatic carbocycles. The number of benzene rings is 1. The Morgan fingerprint density at radius 1 is 1.22 bits per heavy atom. The van der Waals surface area contributed by atoms with Crippen molar-refractivity contribution in [2.45, 2.75) is 57.9 Å². The van der Waals surface area contributed by atoms with E-state index in [2.05, 4.69) is 60.6 Å². The van der Waals surface area contributed by atoms with Gasteiger partial charge in [0.15, 0.2) is 0 Å². The Balaban J connectivity index is 1.70. The Morgan fingerprint density at radius 2 is 1.87 bits per heavy atom. The summed E-state index contributed by atoms with van der Waals surface area (Å²) in [5.74, 6) is 0.986. The number of amides is 1. The maximum Gasteiger partial charge on any atom is 0.235 e. The van der Waals surface area contributed by atoms with E-state index >= 15 is 0 Å². The van der Waals surface area contributed by atoms with Crippen LogP contribution >= 0.6 is 0 Å². The highest BCUT2D eigenvalue weighted by molar-refractivity contribution is 5.91. The summed E-state index contributed by atoms with van der Waals surface area (Å²) < 4.78 is 5.29. The largest absolute Gasteiger partial charge is 0.424 e. The summed E-state index contributed by atoms with van der Waals surface area (Å²) in [4.78, 5) is 12.6. The molecule has 5 heteroatoms.